The van der Waals surface area contributed by atoms with E-state index in [2.05, 4.69) is 15.3 Å². The standard InChI is InChI=1S/C18H12F4N4O2/c19-13-3-1-9(10-7-24-17(23)25-8-10)5-12(13)16(28)26-14-6-11(18(20,21)22)2-4-15(14)27/h1-8,27H,(H,26,28)(H2,23,24,25). The molecule has 10 heteroatoms. The number of nitrogens with one attached hydrogen (secondary N) is 1. The molecule has 0 bridgehead atoms. The van der Waals surface area contributed by atoms with Crippen LogP contribution in [-0.2, 0) is 6.18 Å². The first kappa shape index (κ1) is 19.1. The number of aromatic hydroxyl groups is 1. The number of nitrogens with zero attached hydrogens (tertiary/aromatic N) is 2. The van der Waals surface area contributed by atoms with Gasteiger partial charge in [-0.2, -0.15) is 13.2 Å². The molecule has 3 rings (SSSR count). The number of hydrogen-bond acceptors (Lipinski definition) is 5. The van der Waals surface area contributed by atoms with Crippen LogP contribution in [0.4, 0.5) is 29.2 Å². The molecular weight excluding hydrogens is 380 g/mol. The highest BCUT2D eigenvalue weighted by Crippen LogP contribution is 2.34. The molecule has 4 N–H and O–H groups in total. The Balaban J connectivity index is 1.93. The van der Waals surface area contributed by atoms with Gasteiger partial charge < -0.3 is 16.2 Å². The zero-order chi connectivity index (χ0) is 20.5. The quantitative estimate of drug-likeness (QED) is 0.464. The van der Waals surface area contributed by atoms with Gasteiger partial charge in [0.05, 0.1) is 16.8 Å². The van der Waals surface area contributed by atoms with Crippen LogP contribution in [0.15, 0.2) is 48.8 Å². The van der Waals surface area contributed by atoms with Gasteiger partial charge in [0.25, 0.3) is 5.91 Å². The Bertz CT molecular complexity index is 1040. The normalized spacial score (nSPS) is 11.3. The van der Waals surface area contributed by atoms with Gasteiger partial charge in [-0.05, 0) is 35.9 Å². The molecule has 6 nitrogen and oxygen atoms in total. The van der Waals surface area contributed by atoms with Crippen LogP contribution in [0, 0.1) is 5.82 Å². The summed E-state index contributed by atoms with van der Waals surface area (Å²) in [5, 5.41) is 11.8. The summed E-state index contributed by atoms with van der Waals surface area (Å²) in [7, 11) is 0. The van der Waals surface area contributed by atoms with Crippen LogP contribution >= 0.6 is 0 Å². The second kappa shape index (κ2) is 7.14. The lowest BCUT2D eigenvalue weighted by Crippen LogP contribution is -2.15. The molecular formula is C18H12F4N4O2. The molecule has 0 aliphatic rings. The van der Waals surface area contributed by atoms with Gasteiger partial charge in [0.2, 0.25) is 5.95 Å². The number of phenolic OH excluding ortho intramolecular Hbond substituents is 1. The van der Waals surface area contributed by atoms with Crippen molar-refractivity contribution in [3.8, 4) is 16.9 Å². The monoisotopic (exact) mass is 392 g/mol. The first-order valence-corrected chi connectivity index (χ1v) is 7.74. The number of nitrogen functional groups attached to an aromatic ring is 1. The molecule has 0 atom stereocenters. The van der Waals surface area contributed by atoms with Crippen LogP contribution in [0.2, 0.25) is 0 Å². The number of rotatable bonds is 3. The van der Waals surface area contributed by atoms with Crippen molar-refractivity contribution in [3.63, 3.8) is 0 Å². The van der Waals surface area contributed by atoms with E-state index in [4.69, 9.17) is 5.73 Å². The van der Waals surface area contributed by atoms with Gasteiger partial charge in [0, 0.05) is 18.0 Å². The molecule has 1 amide bonds. The van der Waals surface area contributed by atoms with E-state index in [1.165, 1.54) is 24.5 Å². The molecule has 0 unspecified atom stereocenters. The van der Waals surface area contributed by atoms with E-state index >= 15 is 0 Å². The van der Waals surface area contributed by atoms with Crippen molar-refractivity contribution in [2.45, 2.75) is 6.18 Å². The number of nitrogens with two attached hydrogens (primary N) is 1. The molecule has 3 aromatic rings. The number of halogens is 4. The van der Waals surface area contributed by atoms with Gasteiger partial charge in [-0.3, -0.25) is 4.79 Å². The Morgan fingerprint density at radius 1 is 1.04 bits per heavy atom. The summed E-state index contributed by atoms with van der Waals surface area (Å²) >= 11 is 0. The Hall–Kier alpha value is -3.69. The summed E-state index contributed by atoms with van der Waals surface area (Å²) in [6.45, 7) is 0. The molecule has 28 heavy (non-hydrogen) atoms. The maximum atomic E-state index is 14.1. The van der Waals surface area contributed by atoms with E-state index in [1.807, 2.05) is 0 Å². The maximum Gasteiger partial charge on any atom is 0.416 e. The van der Waals surface area contributed by atoms with Crippen molar-refractivity contribution in [2.75, 3.05) is 11.1 Å². The molecule has 0 saturated carbocycles. The minimum Gasteiger partial charge on any atom is -0.506 e. The number of anilines is 2. The van der Waals surface area contributed by atoms with Crippen LogP contribution in [0.1, 0.15) is 15.9 Å². The van der Waals surface area contributed by atoms with Gasteiger partial charge in [0.15, 0.2) is 0 Å². The Labute approximate surface area is 155 Å². The third-order valence-electron chi connectivity index (χ3n) is 3.79. The van der Waals surface area contributed by atoms with E-state index in [0.717, 1.165) is 12.1 Å². The van der Waals surface area contributed by atoms with E-state index in [1.54, 1.807) is 0 Å². The number of alkyl halides is 3. The predicted molar refractivity (Wildman–Crippen MR) is 92.9 cm³/mol. The zero-order valence-corrected chi connectivity index (χ0v) is 14.0. The van der Waals surface area contributed by atoms with Gasteiger partial charge in [-0.15, -0.1) is 0 Å². The lowest BCUT2D eigenvalue weighted by atomic mass is 10.0. The second-order valence-electron chi connectivity index (χ2n) is 5.71. The third-order valence-corrected chi connectivity index (χ3v) is 3.79. The predicted octanol–water partition coefficient (Wildman–Crippen LogP) is 3.84. The fourth-order valence-corrected chi connectivity index (χ4v) is 2.37. The first-order valence-electron chi connectivity index (χ1n) is 7.74. The highest BCUT2D eigenvalue weighted by Gasteiger charge is 2.31. The number of amides is 1. The second-order valence-corrected chi connectivity index (χ2v) is 5.71. The van der Waals surface area contributed by atoms with E-state index < -0.39 is 40.5 Å². The molecule has 0 radical (unpaired) electrons. The minimum absolute atomic E-state index is 0.0313. The zero-order valence-electron chi connectivity index (χ0n) is 14.0. The van der Waals surface area contributed by atoms with Gasteiger partial charge >= 0.3 is 6.18 Å². The number of aromatic nitrogens is 2. The van der Waals surface area contributed by atoms with Crippen molar-refractivity contribution in [3.05, 3.63) is 65.7 Å². The largest absolute Gasteiger partial charge is 0.506 e. The summed E-state index contributed by atoms with van der Waals surface area (Å²) in [4.78, 5) is 20.0. The third kappa shape index (κ3) is 4.00. The average Bonchev–Trinajstić information content (AvgIpc) is 2.63. The topological polar surface area (TPSA) is 101 Å². The van der Waals surface area contributed by atoms with E-state index in [9.17, 15) is 27.5 Å². The summed E-state index contributed by atoms with van der Waals surface area (Å²) in [6.07, 6.45) is -1.93. The van der Waals surface area contributed by atoms with Crippen LogP contribution in [0.5, 0.6) is 5.75 Å². The number of hydrogen-bond donors (Lipinski definition) is 3. The highest BCUT2D eigenvalue weighted by molar-refractivity contribution is 6.05. The van der Waals surface area contributed by atoms with Crippen molar-refractivity contribution < 1.29 is 27.5 Å². The van der Waals surface area contributed by atoms with Crippen molar-refractivity contribution >= 4 is 17.5 Å². The number of phenols is 1. The van der Waals surface area contributed by atoms with Crippen LogP contribution in [0.25, 0.3) is 11.1 Å². The number of benzene rings is 2. The average molecular weight is 392 g/mol. The molecule has 0 saturated heterocycles. The lowest BCUT2D eigenvalue weighted by molar-refractivity contribution is -0.137. The smallest absolute Gasteiger partial charge is 0.416 e. The number of carbonyl (C=O) groups excluding carboxylic acids is 1. The summed E-state index contributed by atoms with van der Waals surface area (Å²) in [5.74, 6) is -2.50. The molecule has 0 aliphatic carbocycles. The maximum absolute atomic E-state index is 14.1. The first-order chi connectivity index (χ1) is 13.1. The summed E-state index contributed by atoms with van der Waals surface area (Å²) in [5.41, 5.74) is 4.22. The molecule has 0 spiro atoms. The van der Waals surface area contributed by atoms with Crippen molar-refractivity contribution in [1.82, 2.24) is 9.97 Å². The molecule has 144 valence electrons. The molecule has 2 aromatic carbocycles. The number of carbonyl (C=O) groups is 1. The molecule has 1 aromatic heterocycles. The van der Waals surface area contributed by atoms with Gasteiger partial charge in [0.1, 0.15) is 11.6 Å². The van der Waals surface area contributed by atoms with Gasteiger partial charge in [-0.1, -0.05) is 6.07 Å². The summed E-state index contributed by atoms with van der Waals surface area (Å²) < 4.78 is 52.6. The van der Waals surface area contributed by atoms with Crippen LogP contribution in [0.3, 0.4) is 0 Å². The fraction of sp³-hybridized carbons (Fsp3) is 0.0556. The SMILES string of the molecule is Nc1ncc(-c2ccc(F)c(C(=O)Nc3cc(C(F)(F)F)ccc3O)c2)cn1. The molecule has 1 heterocycles. The minimum atomic E-state index is -4.67. The van der Waals surface area contributed by atoms with Crippen molar-refractivity contribution in [2.24, 2.45) is 0 Å². The van der Waals surface area contributed by atoms with E-state index in [-0.39, 0.29) is 5.95 Å². The fourth-order valence-electron chi connectivity index (χ4n) is 2.37. The van der Waals surface area contributed by atoms with Crippen molar-refractivity contribution in [1.29, 1.82) is 0 Å². The lowest BCUT2D eigenvalue weighted by Gasteiger charge is -2.12. The Morgan fingerprint density at radius 2 is 1.71 bits per heavy atom. The molecule has 0 fully saturated rings. The van der Waals surface area contributed by atoms with E-state index in [0.29, 0.717) is 23.3 Å². The Kier molecular flexibility index (Phi) is 4.87. The Morgan fingerprint density at radius 3 is 2.36 bits per heavy atom. The van der Waals surface area contributed by atoms with Gasteiger partial charge in [-0.25, -0.2) is 14.4 Å². The summed E-state index contributed by atoms with van der Waals surface area (Å²) in [6, 6.07) is 5.59. The van der Waals surface area contributed by atoms with Crippen LogP contribution in [-0.4, -0.2) is 21.0 Å². The molecule has 0 aliphatic heterocycles. The highest BCUT2D eigenvalue weighted by atomic mass is 19.4. The van der Waals surface area contributed by atoms with Crippen LogP contribution < -0.4 is 11.1 Å².